The van der Waals surface area contributed by atoms with E-state index in [1.54, 1.807) is 0 Å². The molecule has 1 aromatic rings. The molecule has 0 spiro atoms. The van der Waals surface area contributed by atoms with E-state index in [4.69, 9.17) is 0 Å². The van der Waals surface area contributed by atoms with Gasteiger partial charge in [0.05, 0.1) is 14.2 Å². The second-order valence-electron chi connectivity index (χ2n) is 5.14. The zero-order chi connectivity index (χ0) is 24.4. The van der Waals surface area contributed by atoms with Crippen LogP contribution in [0.1, 0.15) is 5.56 Å². The lowest BCUT2D eigenvalue weighted by Crippen LogP contribution is -2.11. The van der Waals surface area contributed by atoms with Crippen molar-refractivity contribution in [2.75, 3.05) is 14.2 Å². The van der Waals surface area contributed by atoms with Crippen LogP contribution in [0.25, 0.3) is 6.08 Å². The molecule has 0 radical (unpaired) electrons. The zero-order valence-corrected chi connectivity index (χ0v) is 17.2. The molecular formula is C22H20O10. The Morgan fingerprint density at radius 1 is 0.594 bits per heavy atom. The fraction of sp³-hybridized carbons (Fsp3) is 0.0909. The molecule has 32 heavy (non-hydrogen) atoms. The lowest BCUT2D eigenvalue weighted by molar-refractivity contribution is -0.155. The molecule has 168 valence electrons. The monoisotopic (exact) mass is 444 g/mol. The maximum Gasteiger partial charge on any atom is 0.338 e. The highest BCUT2D eigenvalue weighted by molar-refractivity contribution is 6.03. The lowest BCUT2D eigenvalue weighted by atomic mass is 10.2. The van der Waals surface area contributed by atoms with Crippen molar-refractivity contribution in [3.05, 3.63) is 78.9 Å². The van der Waals surface area contributed by atoms with Gasteiger partial charge in [-0.05, 0) is 5.56 Å². The molecule has 1 aromatic carbocycles. The predicted octanol–water partition coefficient (Wildman–Crippen LogP) is 1.47. The van der Waals surface area contributed by atoms with Crippen LogP contribution in [0.2, 0.25) is 0 Å². The topological polar surface area (TPSA) is 139 Å². The third kappa shape index (κ3) is 14.4. The molecular weight excluding hydrogens is 424 g/mol. The smallest absolute Gasteiger partial charge is 0.338 e. The summed E-state index contributed by atoms with van der Waals surface area (Å²) in [5.74, 6) is -6.52. The summed E-state index contributed by atoms with van der Waals surface area (Å²) in [5, 5.41) is 0. The van der Waals surface area contributed by atoms with Gasteiger partial charge in [0.25, 0.3) is 0 Å². The first-order valence-corrected chi connectivity index (χ1v) is 8.61. The van der Waals surface area contributed by atoms with Crippen molar-refractivity contribution in [2.24, 2.45) is 0 Å². The average molecular weight is 444 g/mol. The van der Waals surface area contributed by atoms with Gasteiger partial charge in [-0.25, -0.2) is 28.8 Å². The van der Waals surface area contributed by atoms with E-state index in [1.165, 1.54) is 5.56 Å². The summed E-state index contributed by atoms with van der Waals surface area (Å²) in [6, 6.07) is 10.0. The quantitative estimate of drug-likeness (QED) is 0.263. The fourth-order valence-electron chi connectivity index (χ4n) is 1.47. The summed E-state index contributed by atoms with van der Waals surface area (Å²) in [7, 11) is 2.17. The van der Waals surface area contributed by atoms with Gasteiger partial charge >= 0.3 is 35.8 Å². The van der Waals surface area contributed by atoms with Gasteiger partial charge in [-0.15, -0.1) is 0 Å². The summed E-state index contributed by atoms with van der Waals surface area (Å²) in [4.78, 5) is 65.9. The Morgan fingerprint density at radius 3 is 1.16 bits per heavy atom. The highest BCUT2D eigenvalue weighted by Gasteiger charge is 2.08. The largest absolute Gasteiger partial charge is 0.466 e. The number of ether oxygens (including phenoxy) is 4. The predicted molar refractivity (Wildman–Crippen MR) is 110 cm³/mol. The molecule has 10 heteroatoms. The Morgan fingerprint density at radius 2 is 0.906 bits per heavy atom. The summed E-state index contributed by atoms with van der Waals surface area (Å²) < 4.78 is 16.7. The van der Waals surface area contributed by atoms with E-state index < -0.39 is 35.8 Å². The van der Waals surface area contributed by atoms with Crippen LogP contribution in [0.5, 0.6) is 0 Å². The van der Waals surface area contributed by atoms with Crippen LogP contribution < -0.4 is 0 Å². The van der Waals surface area contributed by atoms with E-state index in [0.29, 0.717) is 24.3 Å². The standard InChI is InChI=1S/C14H12O10.C8H8/c1-21-9(15)3-5-11(17)23-13(19)7-8-14(20)24-12(18)6-4-10(16)22-2;1-2-8-6-4-3-5-7-8/h3-8H,1-2H3;2-7H,1H2/b5-3-,6-4-,8-7-;. The molecule has 10 nitrogen and oxygen atoms in total. The summed E-state index contributed by atoms with van der Waals surface area (Å²) in [6.45, 7) is 3.63. The van der Waals surface area contributed by atoms with Gasteiger partial charge < -0.3 is 18.9 Å². The molecule has 0 aromatic heterocycles. The fourth-order valence-corrected chi connectivity index (χ4v) is 1.47. The second-order valence-corrected chi connectivity index (χ2v) is 5.14. The van der Waals surface area contributed by atoms with Crippen LogP contribution in [0.15, 0.2) is 73.4 Å². The van der Waals surface area contributed by atoms with Crippen molar-refractivity contribution in [3.8, 4) is 0 Å². The SMILES string of the molecule is C=Cc1ccccc1.COC(=O)/C=C\C(=O)OC(=O)/C=C\C(=O)OC(=O)/C=C\C(=O)OC. The first-order chi connectivity index (χ1) is 15.2. The number of benzene rings is 1. The number of carbonyl (C=O) groups excluding carboxylic acids is 6. The van der Waals surface area contributed by atoms with E-state index in [9.17, 15) is 28.8 Å². The Bertz CT molecular complexity index is 869. The normalized spacial score (nSPS) is 10.1. The Balaban J connectivity index is 0.000000995. The number of rotatable bonds is 7. The van der Waals surface area contributed by atoms with E-state index >= 15 is 0 Å². The Hall–Kier alpha value is -4.60. The Labute approximate surface area is 183 Å². The number of esters is 6. The molecule has 0 heterocycles. The van der Waals surface area contributed by atoms with Gasteiger partial charge in [-0.2, -0.15) is 0 Å². The van der Waals surface area contributed by atoms with Gasteiger partial charge in [-0.3, -0.25) is 0 Å². The highest BCUT2D eigenvalue weighted by atomic mass is 16.6. The molecule has 1 rings (SSSR count). The maximum absolute atomic E-state index is 11.2. The van der Waals surface area contributed by atoms with Crippen LogP contribution in [-0.2, 0) is 47.7 Å². The van der Waals surface area contributed by atoms with Gasteiger partial charge in [-0.1, -0.05) is 43.0 Å². The van der Waals surface area contributed by atoms with Crippen molar-refractivity contribution in [1.82, 2.24) is 0 Å². The van der Waals surface area contributed by atoms with Gasteiger partial charge in [0.1, 0.15) is 0 Å². The van der Waals surface area contributed by atoms with Gasteiger partial charge in [0.2, 0.25) is 0 Å². The molecule has 0 N–H and O–H groups in total. The van der Waals surface area contributed by atoms with Gasteiger partial charge in [0.15, 0.2) is 0 Å². The first kappa shape index (κ1) is 27.4. The van der Waals surface area contributed by atoms with E-state index in [0.717, 1.165) is 26.4 Å². The molecule has 0 aliphatic carbocycles. The summed E-state index contributed by atoms with van der Waals surface area (Å²) in [5.41, 5.74) is 1.17. The van der Waals surface area contributed by atoms with Crippen molar-refractivity contribution >= 4 is 41.9 Å². The van der Waals surface area contributed by atoms with Gasteiger partial charge in [0, 0.05) is 36.5 Å². The van der Waals surface area contributed by atoms with Crippen molar-refractivity contribution in [3.63, 3.8) is 0 Å². The minimum atomic E-state index is -1.25. The molecule has 0 bridgehead atoms. The molecule has 0 amide bonds. The van der Waals surface area contributed by atoms with E-state index in [2.05, 4.69) is 25.5 Å². The van der Waals surface area contributed by atoms with E-state index in [-0.39, 0.29) is 0 Å². The van der Waals surface area contributed by atoms with Crippen molar-refractivity contribution in [1.29, 1.82) is 0 Å². The van der Waals surface area contributed by atoms with Crippen LogP contribution in [0.3, 0.4) is 0 Å². The third-order valence-electron chi connectivity index (χ3n) is 2.91. The zero-order valence-electron chi connectivity index (χ0n) is 17.2. The van der Waals surface area contributed by atoms with Crippen LogP contribution >= 0.6 is 0 Å². The van der Waals surface area contributed by atoms with Crippen molar-refractivity contribution in [2.45, 2.75) is 0 Å². The molecule has 0 unspecified atom stereocenters. The van der Waals surface area contributed by atoms with Crippen molar-refractivity contribution < 1.29 is 47.7 Å². The van der Waals surface area contributed by atoms with E-state index in [1.807, 2.05) is 36.4 Å². The molecule has 0 saturated carbocycles. The maximum atomic E-state index is 11.2. The molecule has 0 fully saturated rings. The second kappa shape index (κ2) is 16.2. The number of hydrogen-bond donors (Lipinski definition) is 0. The summed E-state index contributed by atoms with van der Waals surface area (Å²) in [6.07, 6.45) is 5.58. The summed E-state index contributed by atoms with van der Waals surface area (Å²) >= 11 is 0. The number of methoxy groups -OCH3 is 2. The minimum Gasteiger partial charge on any atom is -0.466 e. The molecule has 0 aliphatic rings. The molecule has 0 atom stereocenters. The first-order valence-electron chi connectivity index (χ1n) is 8.61. The van der Waals surface area contributed by atoms with Crippen LogP contribution in [0, 0.1) is 0 Å². The molecule has 0 saturated heterocycles. The highest BCUT2D eigenvalue weighted by Crippen LogP contribution is 1.97. The minimum absolute atomic E-state index is 0.517. The Kier molecular flexibility index (Phi) is 13.9. The van der Waals surface area contributed by atoms with Crippen LogP contribution in [0.4, 0.5) is 0 Å². The third-order valence-corrected chi connectivity index (χ3v) is 2.91. The number of hydrogen-bond acceptors (Lipinski definition) is 10. The average Bonchev–Trinajstić information content (AvgIpc) is 2.80. The molecule has 0 aliphatic heterocycles. The lowest BCUT2D eigenvalue weighted by Gasteiger charge is -1.96. The van der Waals surface area contributed by atoms with Crippen LogP contribution in [-0.4, -0.2) is 50.0 Å². The number of carbonyl (C=O) groups is 6.